The number of ether oxygens (including phenoxy) is 1. The normalized spacial score (nSPS) is 35.0. The van der Waals surface area contributed by atoms with Crippen LogP contribution in [-0.4, -0.2) is 92.3 Å². The Morgan fingerprint density at radius 1 is 1.06 bits per heavy atom. The fraction of sp³-hybridized carbons (Fsp3) is 0.727. The van der Waals surface area contributed by atoms with E-state index in [0.29, 0.717) is 7.11 Å². The number of nitrogens with zero attached hydrogens (tertiary/aromatic N) is 1. The average molecular weight is 514 g/mol. The molecule has 0 bridgehead atoms. The lowest BCUT2D eigenvalue weighted by molar-refractivity contribution is -0.127. The second-order valence-corrected chi connectivity index (χ2v) is 11.0. The largest absolute Gasteiger partial charge is 0.490 e. The maximum atomic E-state index is 12.0. The third-order valence-corrected chi connectivity index (χ3v) is 8.20. The van der Waals surface area contributed by atoms with Gasteiger partial charge in [0, 0.05) is 20.4 Å². The Labute approximate surface area is 174 Å². The zero-order valence-electron chi connectivity index (χ0n) is 15.8. The number of aliphatic hydroxyl groups excluding tert-OH is 3. The summed E-state index contributed by atoms with van der Waals surface area (Å²) >= 11 is 0. The quantitative estimate of drug-likeness (QED) is 0.160. The van der Waals surface area contributed by atoms with Gasteiger partial charge in [-0.2, -0.15) is 8.62 Å². The highest BCUT2D eigenvalue weighted by Gasteiger charge is 2.48. The van der Waals surface area contributed by atoms with Crippen LogP contribution in [0, 0.1) is 0 Å². The summed E-state index contributed by atoms with van der Waals surface area (Å²) in [5, 5.41) is 31.9. The molecule has 2 aliphatic rings. The molecule has 0 aliphatic carbocycles. The number of aliphatic hydroxyl groups is 3. The summed E-state index contributed by atoms with van der Waals surface area (Å²) in [7, 11) is -14.1. The first-order valence-electron chi connectivity index (χ1n) is 8.13. The fourth-order valence-electron chi connectivity index (χ4n) is 2.50. The van der Waals surface area contributed by atoms with Crippen molar-refractivity contribution in [1.29, 1.82) is 0 Å². The second-order valence-electron chi connectivity index (χ2n) is 6.22. The molecule has 0 spiro atoms. The van der Waals surface area contributed by atoms with Crippen molar-refractivity contribution in [3.63, 3.8) is 0 Å². The van der Waals surface area contributed by atoms with Gasteiger partial charge in [-0.1, -0.05) is 0 Å². The minimum absolute atomic E-state index is 0.184. The first-order valence-corrected chi connectivity index (χ1v) is 12.6. The number of amides is 1. The molecular weight excluding hydrogens is 493 g/mol. The summed E-state index contributed by atoms with van der Waals surface area (Å²) in [6.07, 6.45) is -6.55. The van der Waals surface area contributed by atoms with Crippen LogP contribution in [0.15, 0.2) is 11.8 Å². The van der Waals surface area contributed by atoms with Crippen LogP contribution in [0.1, 0.15) is 0 Å². The molecular formula is C11H21N2O15P3. The lowest BCUT2D eigenvalue weighted by Gasteiger charge is -2.31. The van der Waals surface area contributed by atoms with E-state index >= 15 is 0 Å². The molecule has 31 heavy (non-hydrogen) atoms. The summed E-state index contributed by atoms with van der Waals surface area (Å²) in [5.74, 6) is -0.815. The highest BCUT2D eigenvalue weighted by atomic mass is 31.3. The molecule has 1 saturated heterocycles. The van der Waals surface area contributed by atoms with Crippen molar-refractivity contribution in [2.75, 3.05) is 20.8 Å². The van der Waals surface area contributed by atoms with Gasteiger partial charge >= 0.3 is 23.5 Å². The molecule has 6 unspecified atom stereocenters. The Morgan fingerprint density at radius 3 is 2.23 bits per heavy atom. The van der Waals surface area contributed by atoms with Crippen LogP contribution in [0.4, 0.5) is 0 Å². The van der Waals surface area contributed by atoms with E-state index < -0.39 is 66.7 Å². The molecule has 1 amide bonds. The van der Waals surface area contributed by atoms with Gasteiger partial charge < -0.3 is 45.0 Å². The number of phosphoric acid groups is 3. The molecule has 20 heteroatoms. The smallest absolute Gasteiger partial charge is 0.387 e. The molecule has 0 aromatic rings. The van der Waals surface area contributed by atoms with E-state index in [9.17, 15) is 43.6 Å². The van der Waals surface area contributed by atoms with E-state index in [1.54, 1.807) is 0 Å². The summed E-state index contributed by atoms with van der Waals surface area (Å²) in [5.41, 5.74) is -0.184. The summed E-state index contributed by atoms with van der Waals surface area (Å²) in [4.78, 5) is 41.0. The molecule has 2 aliphatic heterocycles. The van der Waals surface area contributed by atoms with Crippen molar-refractivity contribution in [1.82, 2.24) is 10.2 Å². The summed E-state index contributed by atoms with van der Waals surface area (Å²) < 4.78 is 55.6. The molecule has 2 heterocycles. The molecule has 2 rings (SSSR count). The van der Waals surface area contributed by atoms with Gasteiger partial charge in [0.25, 0.3) is 5.91 Å². The van der Waals surface area contributed by atoms with E-state index in [-0.39, 0.29) is 5.57 Å². The minimum Gasteiger partial charge on any atom is -0.387 e. The lowest BCUT2D eigenvalue weighted by Crippen LogP contribution is -2.51. The Balaban J connectivity index is 2.03. The average Bonchev–Trinajstić information content (AvgIpc) is 2.89. The lowest BCUT2D eigenvalue weighted by atomic mass is 10.0. The van der Waals surface area contributed by atoms with Gasteiger partial charge in [-0.15, -0.1) is 0 Å². The number of hydrogen-bond acceptors (Lipinski definition) is 13. The van der Waals surface area contributed by atoms with Crippen molar-refractivity contribution in [2.45, 2.75) is 30.8 Å². The van der Waals surface area contributed by atoms with Gasteiger partial charge in [0.15, 0.2) is 0 Å². The third-order valence-electron chi connectivity index (χ3n) is 3.97. The van der Waals surface area contributed by atoms with Crippen LogP contribution in [0.25, 0.3) is 0 Å². The predicted octanol–water partition coefficient (Wildman–Crippen LogP) is -2.31. The SMILES string of the molecule is COP(=O)(O)OP(=O)(O)OP(=O)(O)OC[C@H]1O[C@@H](C2=CN(C)C(O)NC2=O)C(O)C1O. The Kier molecular flexibility index (Phi) is 8.24. The number of carbonyl (C=O) groups is 1. The monoisotopic (exact) mass is 514 g/mol. The van der Waals surface area contributed by atoms with Crippen LogP contribution in [0.2, 0.25) is 0 Å². The molecule has 8 atom stereocenters. The Bertz CT molecular complexity index is 865. The molecule has 0 saturated carbocycles. The minimum atomic E-state index is -5.62. The summed E-state index contributed by atoms with van der Waals surface area (Å²) in [6, 6.07) is 0. The molecule has 0 aromatic carbocycles. The highest BCUT2D eigenvalue weighted by molar-refractivity contribution is 7.66. The van der Waals surface area contributed by atoms with Crippen molar-refractivity contribution in [3.05, 3.63) is 11.8 Å². The van der Waals surface area contributed by atoms with E-state index in [1.807, 2.05) is 0 Å². The molecule has 0 radical (unpaired) electrons. The van der Waals surface area contributed by atoms with Crippen molar-refractivity contribution < 1.29 is 70.9 Å². The van der Waals surface area contributed by atoms with Gasteiger partial charge in [0.2, 0.25) is 6.35 Å². The van der Waals surface area contributed by atoms with Crippen LogP contribution < -0.4 is 5.32 Å². The Morgan fingerprint density at radius 2 is 1.65 bits per heavy atom. The van der Waals surface area contributed by atoms with E-state index in [4.69, 9.17) is 9.63 Å². The molecule has 0 aromatic heterocycles. The standard InChI is InChI=1S/C11H21N2O15P3/c1-13-3-5(10(16)12-11(13)17)9-8(15)7(14)6(26-9)4-25-30(20,21)28-31(22,23)27-29(18,19)24-2/h3,6-9,11,14-15,17H,4H2,1-2H3,(H,12,16)(H,18,19)(H,20,21)(H,22,23)/t6-,7?,8?,9+,11?/m1/s1. The number of hydrogen-bond donors (Lipinski definition) is 7. The number of phosphoric ester groups is 2. The van der Waals surface area contributed by atoms with Gasteiger partial charge in [0.05, 0.1) is 12.2 Å². The highest BCUT2D eigenvalue weighted by Crippen LogP contribution is 2.67. The van der Waals surface area contributed by atoms with Crippen LogP contribution in [-0.2, 0) is 40.9 Å². The van der Waals surface area contributed by atoms with Gasteiger partial charge in [-0.25, -0.2) is 13.7 Å². The first kappa shape index (κ1) is 26.5. The summed E-state index contributed by atoms with van der Waals surface area (Å²) in [6.45, 7) is -0.989. The van der Waals surface area contributed by atoms with Crippen LogP contribution in [0.3, 0.4) is 0 Å². The maximum Gasteiger partial charge on any atom is 0.490 e. The zero-order chi connectivity index (χ0) is 23.8. The first-order chi connectivity index (χ1) is 14.1. The number of nitrogens with one attached hydrogen (secondary N) is 1. The van der Waals surface area contributed by atoms with E-state index in [2.05, 4.69) is 23.0 Å². The number of rotatable bonds is 9. The molecule has 1 fully saturated rings. The third kappa shape index (κ3) is 6.87. The number of carbonyl (C=O) groups excluding carboxylic acids is 1. The Hall–Kier alpha value is -0.740. The van der Waals surface area contributed by atoms with Crippen LogP contribution in [0.5, 0.6) is 0 Å². The van der Waals surface area contributed by atoms with Gasteiger partial charge in [-0.3, -0.25) is 13.8 Å². The molecule has 180 valence electrons. The van der Waals surface area contributed by atoms with Crippen molar-refractivity contribution >= 4 is 29.4 Å². The fourth-order valence-corrected chi connectivity index (χ4v) is 5.76. The van der Waals surface area contributed by atoms with Gasteiger partial charge in [-0.05, 0) is 0 Å². The predicted molar refractivity (Wildman–Crippen MR) is 95.3 cm³/mol. The molecule has 7 N–H and O–H groups in total. The maximum absolute atomic E-state index is 12.0. The zero-order valence-corrected chi connectivity index (χ0v) is 18.5. The van der Waals surface area contributed by atoms with Gasteiger partial charge in [0.1, 0.15) is 24.4 Å². The van der Waals surface area contributed by atoms with E-state index in [0.717, 1.165) is 11.1 Å². The van der Waals surface area contributed by atoms with Crippen molar-refractivity contribution in [2.24, 2.45) is 0 Å². The topological polar surface area (TPSA) is 251 Å². The van der Waals surface area contributed by atoms with Crippen LogP contribution >= 0.6 is 23.5 Å². The van der Waals surface area contributed by atoms with Crippen molar-refractivity contribution in [3.8, 4) is 0 Å². The van der Waals surface area contributed by atoms with E-state index in [1.165, 1.54) is 7.05 Å². The second kappa shape index (κ2) is 9.63. The molecule has 17 nitrogen and oxygen atoms in total.